The van der Waals surface area contributed by atoms with Gasteiger partial charge in [-0.3, -0.25) is 9.59 Å². The maximum Gasteiger partial charge on any atom is 0.337 e. The van der Waals surface area contributed by atoms with E-state index in [0.717, 1.165) is 5.56 Å². The Morgan fingerprint density at radius 1 is 0.966 bits per heavy atom. The molecule has 0 fully saturated rings. The van der Waals surface area contributed by atoms with Gasteiger partial charge in [-0.2, -0.15) is 0 Å². The number of ether oxygens (including phenoxy) is 2. The number of sulfone groups is 1. The van der Waals surface area contributed by atoms with Crippen molar-refractivity contribution in [3.05, 3.63) is 59.7 Å². The molecular formula is C20H21NO7S. The van der Waals surface area contributed by atoms with Crippen molar-refractivity contribution in [1.82, 2.24) is 0 Å². The van der Waals surface area contributed by atoms with Crippen LogP contribution >= 0.6 is 0 Å². The Labute approximate surface area is 168 Å². The van der Waals surface area contributed by atoms with Crippen LogP contribution in [0.15, 0.2) is 53.4 Å². The lowest BCUT2D eigenvalue weighted by atomic mass is 10.2. The van der Waals surface area contributed by atoms with E-state index < -0.39 is 40.0 Å². The number of nitrogens with one attached hydrogen (secondary N) is 1. The Morgan fingerprint density at radius 2 is 1.59 bits per heavy atom. The largest absolute Gasteiger partial charge is 0.465 e. The molecule has 0 bridgehead atoms. The summed E-state index contributed by atoms with van der Waals surface area (Å²) in [5.74, 6) is -2.30. The van der Waals surface area contributed by atoms with E-state index in [0.29, 0.717) is 11.3 Å². The van der Waals surface area contributed by atoms with Crippen molar-refractivity contribution in [2.24, 2.45) is 0 Å². The van der Waals surface area contributed by atoms with Crippen LogP contribution in [0, 0.1) is 6.92 Å². The molecule has 0 atom stereocenters. The third kappa shape index (κ3) is 6.72. The summed E-state index contributed by atoms with van der Waals surface area (Å²) in [6.45, 7) is 1.29. The third-order valence-electron chi connectivity index (χ3n) is 3.91. The van der Waals surface area contributed by atoms with E-state index in [4.69, 9.17) is 4.74 Å². The molecule has 9 heteroatoms. The van der Waals surface area contributed by atoms with Gasteiger partial charge in [-0.15, -0.1) is 0 Å². The van der Waals surface area contributed by atoms with Gasteiger partial charge in [0, 0.05) is 5.69 Å². The molecule has 0 saturated heterocycles. The topological polar surface area (TPSA) is 116 Å². The van der Waals surface area contributed by atoms with Crippen molar-refractivity contribution in [3.63, 3.8) is 0 Å². The van der Waals surface area contributed by atoms with Crippen molar-refractivity contribution in [2.45, 2.75) is 18.2 Å². The van der Waals surface area contributed by atoms with Crippen molar-refractivity contribution in [3.8, 4) is 0 Å². The van der Waals surface area contributed by atoms with Crippen molar-refractivity contribution in [1.29, 1.82) is 0 Å². The van der Waals surface area contributed by atoms with Crippen LogP contribution in [-0.2, 0) is 28.9 Å². The van der Waals surface area contributed by atoms with E-state index in [1.165, 1.54) is 43.5 Å². The monoisotopic (exact) mass is 419 g/mol. The van der Waals surface area contributed by atoms with Gasteiger partial charge < -0.3 is 14.8 Å². The molecule has 154 valence electrons. The lowest BCUT2D eigenvalue weighted by Crippen LogP contribution is -2.22. The zero-order valence-corrected chi connectivity index (χ0v) is 16.8. The summed E-state index contributed by atoms with van der Waals surface area (Å²) >= 11 is 0. The molecule has 0 saturated carbocycles. The number of methoxy groups -OCH3 is 1. The van der Waals surface area contributed by atoms with Crippen molar-refractivity contribution in [2.75, 3.05) is 24.8 Å². The molecule has 0 aliphatic rings. The first-order chi connectivity index (χ1) is 13.7. The molecule has 0 aromatic heterocycles. The fraction of sp³-hybridized carbons (Fsp3) is 0.250. The van der Waals surface area contributed by atoms with E-state index in [-0.39, 0.29) is 11.3 Å². The van der Waals surface area contributed by atoms with Crippen molar-refractivity contribution < 1.29 is 32.3 Å². The normalized spacial score (nSPS) is 10.8. The number of rotatable bonds is 8. The molecule has 0 radical (unpaired) electrons. The molecule has 29 heavy (non-hydrogen) atoms. The smallest absolute Gasteiger partial charge is 0.337 e. The molecule has 0 aliphatic carbocycles. The van der Waals surface area contributed by atoms with Crippen LogP contribution in [-0.4, -0.2) is 45.7 Å². The van der Waals surface area contributed by atoms with E-state index >= 15 is 0 Å². The lowest BCUT2D eigenvalue weighted by molar-refractivity contribution is -0.146. The number of amides is 1. The summed E-state index contributed by atoms with van der Waals surface area (Å²) in [4.78, 5) is 35.1. The number of benzene rings is 2. The molecule has 2 aromatic rings. The van der Waals surface area contributed by atoms with Gasteiger partial charge in [-0.1, -0.05) is 17.7 Å². The predicted molar refractivity (Wildman–Crippen MR) is 105 cm³/mol. The Balaban J connectivity index is 1.79. The second-order valence-electron chi connectivity index (χ2n) is 6.16. The fourth-order valence-electron chi connectivity index (χ4n) is 2.30. The van der Waals surface area contributed by atoms with Gasteiger partial charge in [-0.05, 0) is 43.3 Å². The maximum atomic E-state index is 12.2. The number of hydrogen-bond acceptors (Lipinski definition) is 7. The number of aryl methyl sites for hydroxylation is 1. The van der Waals surface area contributed by atoms with Crippen LogP contribution in [0.5, 0.6) is 0 Å². The van der Waals surface area contributed by atoms with Gasteiger partial charge in [0.2, 0.25) is 0 Å². The molecule has 0 unspecified atom stereocenters. The summed E-state index contributed by atoms with van der Waals surface area (Å²) in [7, 11) is -2.35. The SMILES string of the molecule is COC(=O)c1ccc(NC(=O)COC(=O)CCS(=O)(=O)c2ccc(C)cc2)cc1. The molecule has 1 amide bonds. The Kier molecular flexibility index (Phi) is 7.49. The molecule has 0 aliphatic heterocycles. The van der Waals surface area contributed by atoms with Crippen LogP contribution in [0.25, 0.3) is 0 Å². The van der Waals surface area contributed by atoms with Crippen LogP contribution < -0.4 is 5.32 Å². The zero-order chi connectivity index (χ0) is 21.4. The first kappa shape index (κ1) is 22.1. The highest BCUT2D eigenvalue weighted by atomic mass is 32.2. The van der Waals surface area contributed by atoms with Crippen LogP contribution in [0.4, 0.5) is 5.69 Å². The van der Waals surface area contributed by atoms with E-state index in [1.807, 2.05) is 6.92 Å². The average molecular weight is 419 g/mol. The summed E-state index contributed by atoms with van der Waals surface area (Å²) in [6, 6.07) is 12.3. The first-order valence-corrected chi connectivity index (χ1v) is 10.3. The van der Waals surface area contributed by atoms with Crippen LogP contribution in [0.2, 0.25) is 0 Å². The minimum Gasteiger partial charge on any atom is -0.465 e. The molecule has 8 nitrogen and oxygen atoms in total. The minimum atomic E-state index is -3.61. The molecule has 1 N–H and O–H groups in total. The summed E-state index contributed by atoms with van der Waals surface area (Å²) < 4.78 is 33.8. The van der Waals surface area contributed by atoms with E-state index in [9.17, 15) is 22.8 Å². The fourth-order valence-corrected chi connectivity index (χ4v) is 3.53. The Hall–Kier alpha value is -3.20. The number of esters is 2. The summed E-state index contributed by atoms with van der Waals surface area (Å²) in [5.41, 5.74) is 1.65. The Bertz CT molecular complexity index is 980. The van der Waals surface area contributed by atoms with Gasteiger partial charge in [0.15, 0.2) is 16.4 Å². The zero-order valence-electron chi connectivity index (χ0n) is 16.0. The summed E-state index contributed by atoms with van der Waals surface area (Å²) in [6.07, 6.45) is -0.364. The van der Waals surface area contributed by atoms with Gasteiger partial charge in [-0.25, -0.2) is 13.2 Å². The quantitative estimate of drug-likeness (QED) is 0.652. The molecule has 0 heterocycles. The lowest BCUT2D eigenvalue weighted by Gasteiger charge is -2.08. The second kappa shape index (κ2) is 9.83. The number of hydrogen-bond donors (Lipinski definition) is 1. The second-order valence-corrected chi connectivity index (χ2v) is 8.27. The maximum absolute atomic E-state index is 12.2. The standard InChI is InChI=1S/C20H21NO7S/c1-14-3-9-17(10-4-14)29(25,26)12-11-19(23)28-13-18(22)21-16-7-5-15(6-8-16)20(24)27-2/h3-10H,11-13H2,1-2H3,(H,21,22). The van der Waals surface area contributed by atoms with Crippen molar-refractivity contribution >= 4 is 33.4 Å². The van der Waals surface area contributed by atoms with E-state index in [2.05, 4.69) is 10.1 Å². The molecule has 2 rings (SSSR count). The van der Waals surface area contributed by atoms with Gasteiger partial charge in [0.1, 0.15) is 0 Å². The van der Waals surface area contributed by atoms with Gasteiger partial charge in [0.25, 0.3) is 5.91 Å². The predicted octanol–water partition coefficient (Wildman–Crippen LogP) is 2.13. The molecule has 2 aromatic carbocycles. The third-order valence-corrected chi connectivity index (χ3v) is 5.64. The van der Waals surface area contributed by atoms with E-state index in [1.54, 1.807) is 12.1 Å². The first-order valence-electron chi connectivity index (χ1n) is 8.64. The van der Waals surface area contributed by atoms with Crippen LogP contribution in [0.3, 0.4) is 0 Å². The van der Waals surface area contributed by atoms with Gasteiger partial charge in [0.05, 0.1) is 29.7 Å². The number of carbonyl (C=O) groups is 3. The Morgan fingerprint density at radius 3 is 2.17 bits per heavy atom. The average Bonchev–Trinajstić information content (AvgIpc) is 2.71. The highest BCUT2D eigenvalue weighted by molar-refractivity contribution is 7.91. The summed E-state index contributed by atoms with van der Waals surface area (Å²) in [5, 5.41) is 2.50. The molecular weight excluding hydrogens is 398 g/mol. The van der Waals surface area contributed by atoms with Crippen LogP contribution in [0.1, 0.15) is 22.3 Å². The highest BCUT2D eigenvalue weighted by Gasteiger charge is 2.17. The van der Waals surface area contributed by atoms with Gasteiger partial charge >= 0.3 is 11.9 Å². The highest BCUT2D eigenvalue weighted by Crippen LogP contribution is 2.13. The molecule has 0 spiro atoms. The number of anilines is 1. The minimum absolute atomic E-state index is 0.129. The number of carbonyl (C=O) groups excluding carboxylic acids is 3.